The summed E-state index contributed by atoms with van der Waals surface area (Å²) in [5.74, 6) is 0. The summed E-state index contributed by atoms with van der Waals surface area (Å²) in [6, 6.07) is 0. The third kappa shape index (κ3) is 8.67. The molecular formula is C21H42N2. The van der Waals surface area contributed by atoms with Crippen LogP contribution in [-0.2, 0) is 0 Å². The van der Waals surface area contributed by atoms with Gasteiger partial charge in [-0.15, -0.1) is 0 Å². The molecule has 1 atom stereocenters. The molecule has 1 unspecified atom stereocenters. The molecule has 1 rings (SSSR count). The summed E-state index contributed by atoms with van der Waals surface area (Å²) in [4.78, 5) is 5.16. The fourth-order valence-electron chi connectivity index (χ4n) is 3.59. The molecule has 0 aliphatic carbocycles. The Bertz CT molecular complexity index is 288. The minimum absolute atomic E-state index is 0.643. The molecule has 0 saturated carbocycles. The first kappa shape index (κ1) is 20.4. The summed E-state index contributed by atoms with van der Waals surface area (Å²) < 4.78 is 0. The Balaban J connectivity index is 2.11. The molecule has 2 nitrogen and oxygen atoms in total. The van der Waals surface area contributed by atoms with Gasteiger partial charge < -0.3 is 9.80 Å². The van der Waals surface area contributed by atoms with E-state index in [1.807, 2.05) is 0 Å². The summed E-state index contributed by atoms with van der Waals surface area (Å²) in [6.45, 7) is 9.34. The molecule has 23 heavy (non-hydrogen) atoms. The van der Waals surface area contributed by atoms with Crippen molar-refractivity contribution in [3.63, 3.8) is 0 Å². The number of hydrogen-bond acceptors (Lipinski definition) is 2. The van der Waals surface area contributed by atoms with Gasteiger partial charge in [-0.3, -0.25) is 0 Å². The molecule has 136 valence electrons. The third-order valence-electron chi connectivity index (χ3n) is 5.03. The lowest BCUT2D eigenvalue weighted by Gasteiger charge is -2.33. The van der Waals surface area contributed by atoms with Crippen LogP contribution in [-0.4, -0.2) is 29.1 Å². The highest BCUT2D eigenvalue weighted by Crippen LogP contribution is 2.22. The second kappa shape index (κ2) is 13.7. The molecule has 0 N–H and O–H groups in total. The van der Waals surface area contributed by atoms with Crippen molar-refractivity contribution < 1.29 is 0 Å². The van der Waals surface area contributed by atoms with Gasteiger partial charge >= 0.3 is 0 Å². The van der Waals surface area contributed by atoms with Gasteiger partial charge in [-0.25, -0.2) is 0 Å². The van der Waals surface area contributed by atoms with E-state index in [0.29, 0.717) is 6.17 Å². The lowest BCUT2D eigenvalue weighted by Crippen LogP contribution is -2.39. The van der Waals surface area contributed by atoms with Crippen molar-refractivity contribution in [2.75, 3.05) is 13.1 Å². The Kier molecular flexibility index (Phi) is 12.2. The Labute approximate surface area is 146 Å². The van der Waals surface area contributed by atoms with Crippen LogP contribution in [0.5, 0.6) is 0 Å². The second-order valence-electron chi connectivity index (χ2n) is 7.23. The van der Waals surface area contributed by atoms with Gasteiger partial charge in [-0.2, -0.15) is 0 Å². The Morgan fingerprint density at radius 3 is 1.65 bits per heavy atom. The minimum Gasteiger partial charge on any atom is -0.356 e. The molecule has 1 heterocycles. The zero-order valence-corrected chi connectivity index (χ0v) is 16.2. The highest BCUT2D eigenvalue weighted by Gasteiger charge is 2.24. The van der Waals surface area contributed by atoms with Crippen molar-refractivity contribution in [2.45, 2.75) is 110 Å². The van der Waals surface area contributed by atoms with Crippen LogP contribution in [0.2, 0.25) is 0 Å². The van der Waals surface area contributed by atoms with Crippen LogP contribution >= 0.6 is 0 Å². The van der Waals surface area contributed by atoms with Crippen LogP contribution in [0, 0.1) is 0 Å². The van der Waals surface area contributed by atoms with Crippen molar-refractivity contribution in [3.8, 4) is 0 Å². The van der Waals surface area contributed by atoms with Crippen LogP contribution in [0.4, 0.5) is 0 Å². The van der Waals surface area contributed by atoms with Gasteiger partial charge in [0.25, 0.3) is 0 Å². The summed E-state index contributed by atoms with van der Waals surface area (Å²) >= 11 is 0. The average molecular weight is 323 g/mol. The number of nitrogens with zero attached hydrogens (tertiary/aromatic N) is 2. The zero-order valence-electron chi connectivity index (χ0n) is 16.2. The molecular weight excluding hydrogens is 280 g/mol. The van der Waals surface area contributed by atoms with Gasteiger partial charge in [-0.05, 0) is 25.7 Å². The number of hydrogen-bond donors (Lipinski definition) is 0. The van der Waals surface area contributed by atoms with Crippen molar-refractivity contribution in [3.05, 3.63) is 12.4 Å². The van der Waals surface area contributed by atoms with Gasteiger partial charge in [-0.1, -0.05) is 78.6 Å². The summed E-state index contributed by atoms with van der Waals surface area (Å²) in [7, 11) is 0. The number of rotatable bonds is 15. The van der Waals surface area contributed by atoms with E-state index < -0.39 is 0 Å². The standard InChI is InChI=1S/C21H42N2/c1-4-7-9-10-11-12-13-14-15-18-23-20-19-22(17-6-3)21(23)16-8-5-2/h19-21H,4-18H2,1-3H3. The SMILES string of the molecule is CCCCCCCCCCCN1C=CN(CCC)C1CCCC. The van der Waals surface area contributed by atoms with Gasteiger partial charge in [0.15, 0.2) is 0 Å². The maximum atomic E-state index is 2.60. The molecule has 0 bridgehead atoms. The van der Waals surface area contributed by atoms with Gasteiger partial charge in [0.05, 0.1) is 0 Å². The molecule has 2 heteroatoms. The van der Waals surface area contributed by atoms with E-state index in [2.05, 4.69) is 43.0 Å². The van der Waals surface area contributed by atoms with E-state index >= 15 is 0 Å². The largest absolute Gasteiger partial charge is 0.356 e. The van der Waals surface area contributed by atoms with E-state index in [9.17, 15) is 0 Å². The summed E-state index contributed by atoms with van der Waals surface area (Å²) in [6.07, 6.45) is 23.3. The minimum atomic E-state index is 0.643. The lowest BCUT2D eigenvalue weighted by molar-refractivity contribution is 0.138. The Morgan fingerprint density at radius 2 is 1.09 bits per heavy atom. The monoisotopic (exact) mass is 322 g/mol. The van der Waals surface area contributed by atoms with Crippen LogP contribution in [0.3, 0.4) is 0 Å². The third-order valence-corrected chi connectivity index (χ3v) is 5.03. The zero-order chi connectivity index (χ0) is 16.8. The van der Waals surface area contributed by atoms with Crippen LogP contribution < -0.4 is 0 Å². The number of unbranched alkanes of at least 4 members (excludes halogenated alkanes) is 9. The van der Waals surface area contributed by atoms with E-state index in [1.54, 1.807) is 0 Å². The fourth-order valence-corrected chi connectivity index (χ4v) is 3.59. The van der Waals surface area contributed by atoms with Crippen molar-refractivity contribution in [2.24, 2.45) is 0 Å². The lowest BCUT2D eigenvalue weighted by atomic mass is 10.1. The first-order valence-electron chi connectivity index (χ1n) is 10.5. The molecule has 0 aromatic heterocycles. The maximum absolute atomic E-state index is 2.60. The molecule has 0 aromatic carbocycles. The van der Waals surface area contributed by atoms with Gasteiger partial charge in [0.1, 0.15) is 6.17 Å². The summed E-state index contributed by atoms with van der Waals surface area (Å²) in [5, 5.41) is 0. The van der Waals surface area contributed by atoms with E-state index in [1.165, 1.54) is 96.6 Å². The Hall–Kier alpha value is -0.660. The normalized spacial score (nSPS) is 17.4. The molecule has 0 aromatic rings. The predicted octanol–water partition coefficient (Wildman–Crippen LogP) is 6.53. The van der Waals surface area contributed by atoms with Crippen molar-refractivity contribution >= 4 is 0 Å². The molecule has 0 spiro atoms. The highest BCUT2D eigenvalue weighted by molar-refractivity contribution is 4.96. The summed E-state index contributed by atoms with van der Waals surface area (Å²) in [5.41, 5.74) is 0. The first-order valence-corrected chi connectivity index (χ1v) is 10.5. The van der Waals surface area contributed by atoms with E-state index in [4.69, 9.17) is 0 Å². The smallest absolute Gasteiger partial charge is 0.101 e. The fraction of sp³-hybridized carbons (Fsp3) is 0.905. The van der Waals surface area contributed by atoms with Gasteiger partial charge in [0.2, 0.25) is 0 Å². The second-order valence-corrected chi connectivity index (χ2v) is 7.23. The molecule has 0 amide bonds. The molecule has 0 radical (unpaired) electrons. The van der Waals surface area contributed by atoms with Gasteiger partial charge in [0, 0.05) is 25.5 Å². The maximum Gasteiger partial charge on any atom is 0.101 e. The first-order chi connectivity index (χ1) is 11.3. The Morgan fingerprint density at radius 1 is 0.565 bits per heavy atom. The average Bonchev–Trinajstić information content (AvgIpc) is 2.93. The molecule has 1 aliphatic heterocycles. The van der Waals surface area contributed by atoms with Crippen LogP contribution in [0.1, 0.15) is 104 Å². The molecule has 0 saturated heterocycles. The quantitative estimate of drug-likeness (QED) is 0.316. The molecule has 1 aliphatic rings. The topological polar surface area (TPSA) is 6.48 Å². The van der Waals surface area contributed by atoms with Crippen LogP contribution in [0.15, 0.2) is 12.4 Å². The van der Waals surface area contributed by atoms with Crippen molar-refractivity contribution in [1.82, 2.24) is 9.80 Å². The van der Waals surface area contributed by atoms with Crippen LogP contribution in [0.25, 0.3) is 0 Å². The highest BCUT2D eigenvalue weighted by atomic mass is 15.4. The predicted molar refractivity (Wildman–Crippen MR) is 103 cm³/mol. The molecule has 0 fully saturated rings. The van der Waals surface area contributed by atoms with E-state index in [-0.39, 0.29) is 0 Å². The van der Waals surface area contributed by atoms with Crippen molar-refractivity contribution in [1.29, 1.82) is 0 Å². The van der Waals surface area contributed by atoms with E-state index in [0.717, 1.165) is 0 Å².